The van der Waals surface area contributed by atoms with Gasteiger partial charge in [-0.1, -0.05) is 0 Å². The van der Waals surface area contributed by atoms with Crippen LogP contribution < -0.4 is 0 Å². The Morgan fingerprint density at radius 3 is 1.60 bits per heavy atom. The number of rotatable bonds is 2. The fraction of sp³-hybridized carbons (Fsp3) is 0. The highest BCUT2D eigenvalue weighted by Gasteiger charge is 1.59. The van der Waals surface area contributed by atoms with Crippen molar-refractivity contribution < 1.29 is 0 Å². The van der Waals surface area contributed by atoms with Crippen molar-refractivity contribution in [2.45, 2.75) is 0 Å². The topological polar surface area (TPSA) is 0 Å². The highest BCUT2D eigenvalue weighted by molar-refractivity contribution is 6.47. The molecule has 0 aromatic carbocycles. The van der Waals surface area contributed by atoms with Crippen molar-refractivity contribution in [2.75, 3.05) is 0 Å². The fourth-order valence-electron chi connectivity index (χ4n) is 0.0962. The summed E-state index contributed by atoms with van der Waals surface area (Å²) in [7, 11) is 1.78. The van der Waals surface area contributed by atoms with Crippen LogP contribution >= 0.6 is 0 Å². The molecule has 0 N–H and O–H groups in total. The monoisotopic (exact) mass is 65.1 g/mol. The van der Waals surface area contributed by atoms with Gasteiger partial charge in [-0.25, -0.2) is 0 Å². The SMILES string of the molecule is C=C[B]C=C. The van der Waals surface area contributed by atoms with Crippen LogP contribution in [0.1, 0.15) is 0 Å². The lowest BCUT2D eigenvalue weighted by molar-refractivity contribution is 2.44. The molecule has 25 valence electrons. The summed E-state index contributed by atoms with van der Waals surface area (Å²) in [6.45, 7) is 6.85. The molecule has 0 bridgehead atoms. The lowest BCUT2D eigenvalue weighted by atomic mass is 9.80. The van der Waals surface area contributed by atoms with Crippen molar-refractivity contribution in [1.29, 1.82) is 0 Å². The molecule has 0 aliphatic heterocycles. The van der Waals surface area contributed by atoms with E-state index in [1.165, 1.54) is 0 Å². The molecule has 0 saturated carbocycles. The van der Waals surface area contributed by atoms with Crippen molar-refractivity contribution in [3.8, 4) is 0 Å². The standard InChI is InChI=1S/C4H6B/c1-3-5-4-2/h3-4H,1-2H2. The quantitative estimate of drug-likeness (QED) is 0.420. The minimum Gasteiger partial charge on any atom is -0.124 e. The van der Waals surface area contributed by atoms with Crippen LogP contribution in [0.5, 0.6) is 0 Å². The molecule has 5 heavy (non-hydrogen) atoms. The van der Waals surface area contributed by atoms with Gasteiger partial charge in [-0.05, 0) is 0 Å². The van der Waals surface area contributed by atoms with Gasteiger partial charge in [0.25, 0.3) is 0 Å². The smallest absolute Gasteiger partial charge is 0.124 e. The summed E-state index contributed by atoms with van der Waals surface area (Å²) in [4.78, 5) is 0. The van der Waals surface area contributed by atoms with E-state index in [0.29, 0.717) is 0 Å². The zero-order chi connectivity index (χ0) is 4.12. The van der Waals surface area contributed by atoms with Crippen LogP contribution in [0.25, 0.3) is 0 Å². The molecule has 0 aliphatic rings. The second kappa shape index (κ2) is 3.54. The lowest BCUT2D eigenvalue weighted by Crippen LogP contribution is -1.67. The first-order chi connectivity index (χ1) is 2.41. The van der Waals surface area contributed by atoms with E-state index in [1.807, 2.05) is 0 Å². The van der Waals surface area contributed by atoms with Gasteiger partial charge < -0.3 is 0 Å². The Kier molecular flexibility index (Phi) is 3.22. The van der Waals surface area contributed by atoms with Crippen molar-refractivity contribution >= 4 is 7.28 Å². The van der Waals surface area contributed by atoms with Crippen LogP contribution in [-0.4, -0.2) is 7.28 Å². The van der Waals surface area contributed by atoms with Gasteiger partial charge in [0.1, 0.15) is 0 Å². The zero-order valence-corrected chi connectivity index (χ0v) is 3.15. The summed E-state index contributed by atoms with van der Waals surface area (Å²) in [6, 6.07) is 0. The molecule has 0 aromatic heterocycles. The van der Waals surface area contributed by atoms with E-state index in [2.05, 4.69) is 13.2 Å². The molecule has 0 aliphatic carbocycles. The molecular formula is C4H6B. The summed E-state index contributed by atoms with van der Waals surface area (Å²) in [6.07, 6.45) is 0. The molecule has 0 nitrogen and oxygen atoms in total. The molecule has 1 radical (unpaired) electrons. The van der Waals surface area contributed by atoms with Crippen molar-refractivity contribution in [2.24, 2.45) is 0 Å². The van der Waals surface area contributed by atoms with E-state index in [9.17, 15) is 0 Å². The molecule has 0 amide bonds. The summed E-state index contributed by atoms with van der Waals surface area (Å²) >= 11 is 0. The Hall–Kier alpha value is -0.455. The first-order valence-corrected chi connectivity index (χ1v) is 1.48. The van der Waals surface area contributed by atoms with E-state index in [0.717, 1.165) is 0 Å². The normalized spacial score (nSPS) is 5.60. The molecule has 0 saturated heterocycles. The summed E-state index contributed by atoms with van der Waals surface area (Å²) < 4.78 is 0. The third kappa shape index (κ3) is 3.54. The second-order valence-electron chi connectivity index (χ2n) is 0.664. The van der Waals surface area contributed by atoms with E-state index < -0.39 is 0 Å². The predicted molar refractivity (Wildman–Crippen MR) is 26.1 cm³/mol. The van der Waals surface area contributed by atoms with Crippen LogP contribution in [0.4, 0.5) is 0 Å². The van der Waals surface area contributed by atoms with E-state index in [1.54, 1.807) is 19.2 Å². The highest BCUT2D eigenvalue weighted by atomic mass is 13.2. The Labute approximate surface area is 33.4 Å². The van der Waals surface area contributed by atoms with Crippen LogP contribution in [0.15, 0.2) is 25.1 Å². The first-order valence-electron chi connectivity index (χ1n) is 1.48. The molecule has 0 atom stereocenters. The van der Waals surface area contributed by atoms with Gasteiger partial charge in [0, 0.05) is 0 Å². The number of hydrogen-bond acceptors (Lipinski definition) is 0. The maximum atomic E-state index is 3.42. The van der Waals surface area contributed by atoms with Crippen LogP contribution in [0.3, 0.4) is 0 Å². The van der Waals surface area contributed by atoms with Crippen LogP contribution in [0, 0.1) is 0 Å². The maximum absolute atomic E-state index is 3.42. The van der Waals surface area contributed by atoms with Gasteiger partial charge in [0.2, 0.25) is 0 Å². The summed E-state index contributed by atoms with van der Waals surface area (Å²) in [5, 5.41) is 0. The fourth-order valence-corrected chi connectivity index (χ4v) is 0.0962. The maximum Gasteiger partial charge on any atom is 0.169 e. The average Bonchev–Trinajstić information content (AvgIpc) is 1.41. The van der Waals surface area contributed by atoms with Crippen molar-refractivity contribution in [3.63, 3.8) is 0 Å². The van der Waals surface area contributed by atoms with Gasteiger partial charge in [-0.2, -0.15) is 0 Å². The summed E-state index contributed by atoms with van der Waals surface area (Å²) in [5.41, 5.74) is 0. The third-order valence-corrected chi connectivity index (χ3v) is 0.272. The van der Waals surface area contributed by atoms with Crippen molar-refractivity contribution in [1.82, 2.24) is 0 Å². The average molecular weight is 64.9 g/mol. The molecule has 1 heteroatoms. The molecule has 0 heterocycles. The molecule has 0 aromatic rings. The largest absolute Gasteiger partial charge is 0.169 e. The Bertz CT molecular complexity index is 32.9. The number of hydrogen-bond donors (Lipinski definition) is 0. The minimum absolute atomic E-state index is 1.69. The second-order valence-corrected chi connectivity index (χ2v) is 0.664. The highest BCUT2D eigenvalue weighted by Crippen LogP contribution is 1.55. The van der Waals surface area contributed by atoms with E-state index in [4.69, 9.17) is 0 Å². The predicted octanol–water partition coefficient (Wildman–Crippen LogP) is 0.978. The molecular weight excluding hydrogens is 58.9 g/mol. The Morgan fingerprint density at radius 2 is 1.60 bits per heavy atom. The van der Waals surface area contributed by atoms with Gasteiger partial charge in [-0.15, -0.1) is 25.1 Å². The zero-order valence-electron chi connectivity index (χ0n) is 3.15. The van der Waals surface area contributed by atoms with Gasteiger partial charge in [0.15, 0.2) is 7.28 Å². The van der Waals surface area contributed by atoms with Gasteiger partial charge in [0.05, 0.1) is 0 Å². The molecule has 0 spiro atoms. The minimum atomic E-state index is 1.69. The molecule has 0 fully saturated rings. The van der Waals surface area contributed by atoms with Crippen LogP contribution in [-0.2, 0) is 0 Å². The lowest BCUT2D eigenvalue weighted by Gasteiger charge is -1.59. The van der Waals surface area contributed by atoms with E-state index in [-0.39, 0.29) is 0 Å². The Balaban J connectivity index is 2.65. The van der Waals surface area contributed by atoms with Gasteiger partial charge >= 0.3 is 0 Å². The van der Waals surface area contributed by atoms with Gasteiger partial charge in [-0.3, -0.25) is 0 Å². The Morgan fingerprint density at radius 1 is 1.20 bits per heavy atom. The molecule has 0 rings (SSSR count). The van der Waals surface area contributed by atoms with Crippen LogP contribution in [0.2, 0.25) is 0 Å². The van der Waals surface area contributed by atoms with E-state index >= 15 is 0 Å². The summed E-state index contributed by atoms with van der Waals surface area (Å²) in [5.74, 6) is 3.38. The van der Waals surface area contributed by atoms with Crippen molar-refractivity contribution in [3.05, 3.63) is 25.1 Å². The third-order valence-electron chi connectivity index (χ3n) is 0.272. The first kappa shape index (κ1) is 4.54. The molecule has 0 unspecified atom stereocenters.